The molecule has 0 bridgehead atoms. The van der Waals surface area contributed by atoms with Crippen LogP contribution >= 0.6 is 0 Å². The Morgan fingerprint density at radius 1 is 1.20 bits per heavy atom. The lowest BCUT2D eigenvalue weighted by Crippen LogP contribution is -2.46. The molecule has 1 saturated carbocycles. The Bertz CT molecular complexity index is 510. The second kappa shape index (κ2) is 5.27. The molecule has 1 aromatic rings. The Labute approximate surface area is 119 Å². The number of likely N-dealkylation sites (tertiary alicyclic amines) is 1. The monoisotopic (exact) mass is 272 g/mol. The predicted octanol–water partition coefficient (Wildman–Crippen LogP) is 1.87. The van der Waals surface area contributed by atoms with Gasteiger partial charge in [0.15, 0.2) is 0 Å². The quantitative estimate of drug-likeness (QED) is 0.913. The molecule has 1 heterocycles. The molecule has 3 rings (SSSR count). The molecule has 0 aromatic heterocycles. The van der Waals surface area contributed by atoms with E-state index >= 15 is 0 Å². The van der Waals surface area contributed by atoms with Crippen molar-refractivity contribution in [1.82, 2.24) is 10.2 Å². The predicted molar refractivity (Wildman–Crippen MR) is 75.8 cm³/mol. The van der Waals surface area contributed by atoms with E-state index in [9.17, 15) is 9.59 Å². The first kappa shape index (κ1) is 13.2. The minimum Gasteiger partial charge on any atom is -0.353 e. The molecule has 20 heavy (non-hydrogen) atoms. The third-order valence-electron chi connectivity index (χ3n) is 4.26. The average molecular weight is 272 g/mol. The van der Waals surface area contributed by atoms with Crippen molar-refractivity contribution in [3.63, 3.8) is 0 Å². The van der Waals surface area contributed by atoms with Gasteiger partial charge in [-0.3, -0.25) is 9.59 Å². The van der Waals surface area contributed by atoms with E-state index in [0.29, 0.717) is 18.9 Å². The maximum atomic E-state index is 12.4. The van der Waals surface area contributed by atoms with Gasteiger partial charge in [-0.25, -0.2) is 0 Å². The molecular weight excluding hydrogens is 252 g/mol. The van der Waals surface area contributed by atoms with Crippen molar-refractivity contribution in [1.29, 1.82) is 0 Å². The summed E-state index contributed by atoms with van der Waals surface area (Å²) < 4.78 is 0. The fourth-order valence-electron chi connectivity index (χ4n) is 2.95. The highest BCUT2D eigenvalue weighted by atomic mass is 16.2. The first-order valence-corrected chi connectivity index (χ1v) is 7.28. The number of benzene rings is 1. The highest BCUT2D eigenvalue weighted by molar-refractivity contribution is 5.85. The third-order valence-corrected chi connectivity index (χ3v) is 4.26. The highest BCUT2D eigenvalue weighted by Gasteiger charge is 2.40. The lowest BCUT2D eigenvalue weighted by atomic mass is 9.84. The molecule has 4 heteroatoms. The molecule has 2 fully saturated rings. The van der Waals surface area contributed by atoms with Gasteiger partial charge in [-0.05, 0) is 24.8 Å². The maximum Gasteiger partial charge on any atom is 0.225 e. The molecule has 4 nitrogen and oxygen atoms in total. The van der Waals surface area contributed by atoms with Crippen LogP contribution in [0.5, 0.6) is 0 Å². The van der Waals surface area contributed by atoms with Crippen LogP contribution in [0, 0.1) is 5.92 Å². The summed E-state index contributed by atoms with van der Waals surface area (Å²) in [4.78, 5) is 26.1. The van der Waals surface area contributed by atoms with Crippen molar-refractivity contribution in [3.8, 4) is 0 Å². The van der Waals surface area contributed by atoms with Gasteiger partial charge in [0.25, 0.3) is 0 Å². The molecule has 0 spiro atoms. The Kier molecular flexibility index (Phi) is 3.47. The number of piperidine rings is 1. The Balaban J connectivity index is 1.85. The zero-order valence-electron chi connectivity index (χ0n) is 11.7. The van der Waals surface area contributed by atoms with Crippen LogP contribution in [0.4, 0.5) is 0 Å². The van der Waals surface area contributed by atoms with Crippen molar-refractivity contribution in [2.45, 2.75) is 37.8 Å². The summed E-state index contributed by atoms with van der Waals surface area (Å²) in [6, 6.07) is 10.1. The van der Waals surface area contributed by atoms with Gasteiger partial charge in [-0.2, -0.15) is 0 Å². The standard InChI is InChI=1S/C16H20N2O2/c1-18-14(19)10-9-13(16(20)17-12-7-8-12)15(18)11-5-3-2-4-6-11/h2-6,12-13,15H,7-10H2,1H3,(H,17,20)/t13-,15+/m1/s1. The van der Waals surface area contributed by atoms with E-state index in [1.54, 1.807) is 11.9 Å². The molecule has 1 aliphatic heterocycles. The minimum absolute atomic E-state index is 0.0979. The number of hydrogen-bond acceptors (Lipinski definition) is 2. The maximum absolute atomic E-state index is 12.4. The fraction of sp³-hybridized carbons (Fsp3) is 0.500. The van der Waals surface area contributed by atoms with Crippen molar-refractivity contribution < 1.29 is 9.59 Å². The average Bonchev–Trinajstić information content (AvgIpc) is 3.26. The SMILES string of the molecule is CN1C(=O)CC[C@@H](C(=O)NC2CC2)[C@@H]1c1ccccc1. The Morgan fingerprint density at radius 2 is 1.90 bits per heavy atom. The zero-order chi connectivity index (χ0) is 14.1. The van der Waals surface area contributed by atoms with Gasteiger partial charge in [-0.15, -0.1) is 0 Å². The number of nitrogens with one attached hydrogen (secondary N) is 1. The number of carbonyl (C=O) groups is 2. The van der Waals surface area contributed by atoms with Gasteiger partial charge in [0.1, 0.15) is 0 Å². The van der Waals surface area contributed by atoms with E-state index in [1.165, 1.54) is 0 Å². The van der Waals surface area contributed by atoms with Gasteiger partial charge in [0.05, 0.1) is 12.0 Å². The van der Waals surface area contributed by atoms with E-state index in [2.05, 4.69) is 5.32 Å². The lowest BCUT2D eigenvalue weighted by Gasteiger charge is -2.38. The summed E-state index contributed by atoms with van der Waals surface area (Å²) >= 11 is 0. The normalized spacial score (nSPS) is 26.4. The molecule has 2 amide bonds. The summed E-state index contributed by atoms with van der Waals surface area (Å²) in [6.45, 7) is 0. The van der Waals surface area contributed by atoms with E-state index in [1.807, 2.05) is 30.3 Å². The first-order valence-electron chi connectivity index (χ1n) is 7.28. The van der Waals surface area contributed by atoms with E-state index in [4.69, 9.17) is 0 Å². The number of rotatable bonds is 3. The van der Waals surface area contributed by atoms with Crippen LogP contribution in [0.1, 0.15) is 37.3 Å². The van der Waals surface area contributed by atoms with Crippen LogP contribution in [0.3, 0.4) is 0 Å². The minimum atomic E-state index is -0.142. The molecule has 2 aliphatic rings. The topological polar surface area (TPSA) is 49.4 Å². The van der Waals surface area contributed by atoms with Crippen LogP contribution in [-0.2, 0) is 9.59 Å². The molecule has 0 radical (unpaired) electrons. The van der Waals surface area contributed by atoms with Crippen molar-refractivity contribution >= 4 is 11.8 Å². The zero-order valence-corrected chi connectivity index (χ0v) is 11.7. The molecule has 106 valence electrons. The Hall–Kier alpha value is -1.84. The van der Waals surface area contributed by atoms with Crippen molar-refractivity contribution in [2.75, 3.05) is 7.05 Å². The lowest BCUT2D eigenvalue weighted by molar-refractivity contribution is -0.141. The Morgan fingerprint density at radius 3 is 2.55 bits per heavy atom. The first-order chi connectivity index (χ1) is 9.66. The number of hydrogen-bond donors (Lipinski definition) is 1. The fourth-order valence-corrected chi connectivity index (χ4v) is 2.95. The summed E-state index contributed by atoms with van der Waals surface area (Å²) in [5.41, 5.74) is 1.04. The molecule has 2 atom stereocenters. The highest BCUT2D eigenvalue weighted by Crippen LogP contribution is 2.36. The molecule has 1 aromatic carbocycles. The summed E-state index contributed by atoms with van der Waals surface area (Å²) in [7, 11) is 1.80. The van der Waals surface area contributed by atoms with E-state index in [-0.39, 0.29) is 23.8 Å². The smallest absolute Gasteiger partial charge is 0.225 e. The number of amides is 2. The van der Waals surface area contributed by atoms with Crippen LogP contribution < -0.4 is 5.32 Å². The third kappa shape index (κ3) is 2.55. The number of nitrogens with zero attached hydrogens (tertiary/aromatic N) is 1. The van der Waals surface area contributed by atoms with Gasteiger partial charge in [0.2, 0.25) is 11.8 Å². The van der Waals surface area contributed by atoms with Gasteiger partial charge >= 0.3 is 0 Å². The summed E-state index contributed by atoms with van der Waals surface area (Å²) in [5.74, 6) is 0.0794. The second-order valence-corrected chi connectivity index (χ2v) is 5.79. The van der Waals surface area contributed by atoms with E-state index in [0.717, 1.165) is 18.4 Å². The second-order valence-electron chi connectivity index (χ2n) is 5.79. The largest absolute Gasteiger partial charge is 0.353 e. The molecule has 1 saturated heterocycles. The van der Waals surface area contributed by atoms with Crippen molar-refractivity contribution in [2.24, 2.45) is 5.92 Å². The molecule has 1 aliphatic carbocycles. The van der Waals surface area contributed by atoms with Gasteiger partial charge in [-0.1, -0.05) is 30.3 Å². The van der Waals surface area contributed by atoms with Crippen LogP contribution in [-0.4, -0.2) is 29.8 Å². The van der Waals surface area contributed by atoms with Crippen LogP contribution in [0.25, 0.3) is 0 Å². The van der Waals surface area contributed by atoms with Crippen LogP contribution in [0.15, 0.2) is 30.3 Å². The van der Waals surface area contributed by atoms with Gasteiger partial charge < -0.3 is 10.2 Å². The van der Waals surface area contributed by atoms with Gasteiger partial charge in [0, 0.05) is 19.5 Å². The number of carbonyl (C=O) groups excluding carboxylic acids is 2. The van der Waals surface area contributed by atoms with Crippen molar-refractivity contribution in [3.05, 3.63) is 35.9 Å². The van der Waals surface area contributed by atoms with E-state index < -0.39 is 0 Å². The van der Waals surface area contributed by atoms with Crippen LogP contribution in [0.2, 0.25) is 0 Å². The summed E-state index contributed by atoms with van der Waals surface area (Å²) in [5, 5.41) is 3.08. The molecular formula is C16H20N2O2. The summed E-state index contributed by atoms with van der Waals surface area (Å²) in [6.07, 6.45) is 3.27. The molecule has 0 unspecified atom stereocenters. The molecule has 1 N–H and O–H groups in total.